The SMILES string of the molecule is CCCN=C(N)NCCCCCCC(=O)OC. The highest BCUT2D eigenvalue weighted by Crippen LogP contribution is 2.02. The summed E-state index contributed by atoms with van der Waals surface area (Å²) in [5.74, 6) is 0.403. The summed E-state index contributed by atoms with van der Waals surface area (Å²) in [6, 6.07) is 0. The van der Waals surface area contributed by atoms with Crippen LogP contribution in [0.2, 0.25) is 0 Å². The van der Waals surface area contributed by atoms with Crippen LogP contribution in [0, 0.1) is 0 Å². The first-order valence-corrected chi connectivity index (χ1v) is 6.31. The van der Waals surface area contributed by atoms with Crippen molar-refractivity contribution in [2.45, 2.75) is 45.4 Å². The van der Waals surface area contributed by atoms with E-state index in [1.807, 2.05) is 0 Å². The molecule has 3 N–H and O–H groups in total. The smallest absolute Gasteiger partial charge is 0.305 e. The van der Waals surface area contributed by atoms with Crippen LogP contribution in [0.5, 0.6) is 0 Å². The van der Waals surface area contributed by atoms with Gasteiger partial charge in [0.15, 0.2) is 5.96 Å². The number of nitrogens with zero attached hydrogens (tertiary/aromatic N) is 1. The van der Waals surface area contributed by atoms with Gasteiger partial charge in [-0.1, -0.05) is 19.8 Å². The predicted molar refractivity (Wildman–Crippen MR) is 69.9 cm³/mol. The minimum atomic E-state index is -0.126. The van der Waals surface area contributed by atoms with E-state index in [-0.39, 0.29) is 5.97 Å². The average Bonchev–Trinajstić information content (AvgIpc) is 2.34. The predicted octanol–water partition coefficient (Wildman–Crippen LogP) is 1.42. The molecule has 0 saturated heterocycles. The molecule has 0 aliphatic carbocycles. The fraction of sp³-hybridized carbons (Fsp3) is 0.833. The van der Waals surface area contributed by atoms with E-state index >= 15 is 0 Å². The fourth-order valence-electron chi connectivity index (χ4n) is 1.35. The highest BCUT2D eigenvalue weighted by molar-refractivity contribution is 5.77. The summed E-state index contributed by atoms with van der Waals surface area (Å²) in [5, 5.41) is 3.06. The van der Waals surface area contributed by atoms with Crippen molar-refractivity contribution < 1.29 is 9.53 Å². The van der Waals surface area contributed by atoms with Crippen LogP contribution in [0.3, 0.4) is 0 Å². The van der Waals surface area contributed by atoms with Crippen LogP contribution >= 0.6 is 0 Å². The Balaban J connectivity index is 3.26. The minimum absolute atomic E-state index is 0.126. The van der Waals surface area contributed by atoms with E-state index in [0.29, 0.717) is 12.4 Å². The van der Waals surface area contributed by atoms with Crippen LogP contribution in [-0.2, 0) is 9.53 Å². The Morgan fingerprint density at radius 3 is 2.65 bits per heavy atom. The lowest BCUT2D eigenvalue weighted by molar-refractivity contribution is -0.140. The maximum atomic E-state index is 10.8. The number of aliphatic imine (C=N–C) groups is 1. The summed E-state index contributed by atoms with van der Waals surface area (Å²) in [7, 11) is 1.42. The standard InChI is InChI=1S/C12H25N3O2/c1-3-9-14-12(13)15-10-7-5-4-6-8-11(16)17-2/h3-10H2,1-2H3,(H3,13,14,15). The summed E-state index contributed by atoms with van der Waals surface area (Å²) in [6.45, 7) is 3.69. The lowest BCUT2D eigenvalue weighted by atomic mass is 10.1. The zero-order chi connectivity index (χ0) is 12.9. The van der Waals surface area contributed by atoms with Gasteiger partial charge in [0.1, 0.15) is 0 Å². The van der Waals surface area contributed by atoms with E-state index in [1.165, 1.54) is 7.11 Å². The van der Waals surface area contributed by atoms with Crippen LogP contribution in [0.25, 0.3) is 0 Å². The molecular weight excluding hydrogens is 218 g/mol. The van der Waals surface area contributed by atoms with Gasteiger partial charge in [-0.3, -0.25) is 9.79 Å². The Morgan fingerprint density at radius 1 is 1.29 bits per heavy atom. The molecule has 5 heteroatoms. The topological polar surface area (TPSA) is 76.7 Å². The minimum Gasteiger partial charge on any atom is -0.469 e. The third kappa shape index (κ3) is 11.0. The Kier molecular flexibility index (Phi) is 10.4. The van der Waals surface area contributed by atoms with Crippen LogP contribution < -0.4 is 11.1 Å². The van der Waals surface area contributed by atoms with E-state index in [0.717, 1.165) is 45.2 Å². The number of hydrogen-bond donors (Lipinski definition) is 2. The number of hydrogen-bond acceptors (Lipinski definition) is 3. The largest absolute Gasteiger partial charge is 0.469 e. The van der Waals surface area contributed by atoms with Crippen molar-refractivity contribution in [3.63, 3.8) is 0 Å². The second-order valence-corrected chi connectivity index (χ2v) is 3.93. The maximum Gasteiger partial charge on any atom is 0.305 e. The van der Waals surface area contributed by atoms with Gasteiger partial charge in [-0.25, -0.2) is 0 Å². The number of nitrogens with two attached hydrogens (primary N) is 1. The molecule has 0 saturated carbocycles. The van der Waals surface area contributed by atoms with Crippen LogP contribution in [0.15, 0.2) is 4.99 Å². The van der Waals surface area contributed by atoms with Gasteiger partial charge in [0.2, 0.25) is 0 Å². The van der Waals surface area contributed by atoms with Gasteiger partial charge in [0.05, 0.1) is 7.11 Å². The highest BCUT2D eigenvalue weighted by Gasteiger charge is 1.98. The van der Waals surface area contributed by atoms with Gasteiger partial charge >= 0.3 is 5.97 Å². The molecular formula is C12H25N3O2. The second-order valence-electron chi connectivity index (χ2n) is 3.93. The summed E-state index contributed by atoms with van der Waals surface area (Å²) in [4.78, 5) is 15.0. The third-order valence-electron chi connectivity index (χ3n) is 2.35. The molecule has 0 rings (SSSR count). The zero-order valence-electron chi connectivity index (χ0n) is 11.0. The molecule has 0 bridgehead atoms. The summed E-state index contributed by atoms with van der Waals surface area (Å²) < 4.78 is 4.56. The number of carbonyl (C=O) groups is 1. The van der Waals surface area contributed by atoms with Crippen molar-refractivity contribution in [2.24, 2.45) is 10.7 Å². The molecule has 0 radical (unpaired) electrons. The Bertz CT molecular complexity index is 230. The molecule has 100 valence electrons. The molecule has 0 unspecified atom stereocenters. The van der Waals surface area contributed by atoms with E-state index in [1.54, 1.807) is 0 Å². The van der Waals surface area contributed by atoms with Gasteiger partial charge in [-0.2, -0.15) is 0 Å². The van der Waals surface area contributed by atoms with Crippen molar-refractivity contribution in [1.82, 2.24) is 5.32 Å². The second kappa shape index (κ2) is 11.2. The number of esters is 1. The molecule has 0 aromatic rings. The van der Waals surface area contributed by atoms with E-state index in [9.17, 15) is 4.79 Å². The van der Waals surface area contributed by atoms with Crippen LogP contribution in [0.1, 0.15) is 45.4 Å². The molecule has 0 spiro atoms. The van der Waals surface area contributed by atoms with Crippen molar-refractivity contribution in [3.05, 3.63) is 0 Å². The first-order chi connectivity index (χ1) is 8.20. The van der Waals surface area contributed by atoms with Crippen LogP contribution in [0.4, 0.5) is 0 Å². The number of nitrogens with one attached hydrogen (secondary N) is 1. The molecule has 0 amide bonds. The first kappa shape index (κ1) is 15.7. The van der Waals surface area contributed by atoms with Gasteiger partial charge in [0.25, 0.3) is 0 Å². The maximum absolute atomic E-state index is 10.8. The van der Waals surface area contributed by atoms with E-state index in [2.05, 4.69) is 22.0 Å². The lowest BCUT2D eigenvalue weighted by Gasteiger charge is -2.05. The normalized spacial score (nSPS) is 11.3. The first-order valence-electron chi connectivity index (χ1n) is 6.31. The van der Waals surface area contributed by atoms with Crippen molar-refractivity contribution >= 4 is 11.9 Å². The van der Waals surface area contributed by atoms with E-state index in [4.69, 9.17) is 5.73 Å². The Morgan fingerprint density at radius 2 is 2.00 bits per heavy atom. The lowest BCUT2D eigenvalue weighted by Crippen LogP contribution is -2.32. The molecule has 0 fully saturated rings. The fourth-order valence-corrected chi connectivity index (χ4v) is 1.35. The highest BCUT2D eigenvalue weighted by atomic mass is 16.5. The Hall–Kier alpha value is -1.26. The van der Waals surface area contributed by atoms with Gasteiger partial charge in [-0.15, -0.1) is 0 Å². The molecule has 0 aliphatic rings. The molecule has 5 nitrogen and oxygen atoms in total. The van der Waals surface area contributed by atoms with Crippen molar-refractivity contribution in [2.75, 3.05) is 20.2 Å². The summed E-state index contributed by atoms with van der Waals surface area (Å²) in [6.07, 6.45) is 5.60. The Labute approximate surface area is 104 Å². The number of unbranched alkanes of at least 4 members (excludes halogenated alkanes) is 3. The number of ether oxygens (including phenoxy) is 1. The summed E-state index contributed by atoms with van der Waals surface area (Å²) in [5.41, 5.74) is 5.64. The van der Waals surface area contributed by atoms with Crippen molar-refractivity contribution in [1.29, 1.82) is 0 Å². The quantitative estimate of drug-likeness (QED) is 0.278. The summed E-state index contributed by atoms with van der Waals surface area (Å²) >= 11 is 0. The number of guanidine groups is 1. The van der Waals surface area contributed by atoms with Crippen molar-refractivity contribution in [3.8, 4) is 0 Å². The number of carbonyl (C=O) groups excluding carboxylic acids is 1. The number of rotatable bonds is 9. The molecule has 0 aromatic carbocycles. The van der Waals surface area contributed by atoms with Gasteiger partial charge < -0.3 is 15.8 Å². The van der Waals surface area contributed by atoms with Gasteiger partial charge in [-0.05, 0) is 19.3 Å². The van der Waals surface area contributed by atoms with Crippen LogP contribution in [-0.4, -0.2) is 32.1 Å². The average molecular weight is 243 g/mol. The third-order valence-corrected chi connectivity index (χ3v) is 2.35. The molecule has 0 atom stereocenters. The number of methoxy groups -OCH3 is 1. The molecule has 0 aromatic heterocycles. The van der Waals surface area contributed by atoms with Gasteiger partial charge in [0, 0.05) is 19.5 Å². The molecule has 0 aliphatic heterocycles. The molecule has 17 heavy (non-hydrogen) atoms. The monoisotopic (exact) mass is 243 g/mol. The van der Waals surface area contributed by atoms with E-state index < -0.39 is 0 Å². The molecule has 0 heterocycles. The zero-order valence-corrected chi connectivity index (χ0v) is 11.0.